The molecule has 0 aliphatic carbocycles. The molecule has 1 N–H and O–H groups in total. The Bertz CT molecular complexity index is 1030. The van der Waals surface area contributed by atoms with Gasteiger partial charge in [0.15, 0.2) is 0 Å². The fourth-order valence-corrected chi connectivity index (χ4v) is 3.58. The standard InChI is InChI=1S/C21H20N4O3/c1-28-21(27)14-6-4-7-15(12-14)24-20(26)18-10-5-11-25(18)19-16-8-2-3-9-17(16)22-13-23-19/h2-4,6-9,12-13,18H,5,10-11H2,1H3,(H,24,26)/t18-/m1/s1. The number of methoxy groups -OCH3 is 1. The van der Waals surface area contributed by atoms with Crippen molar-refractivity contribution in [1.29, 1.82) is 0 Å². The Morgan fingerprint density at radius 3 is 2.86 bits per heavy atom. The molecule has 1 saturated heterocycles. The number of hydrogen-bond acceptors (Lipinski definition) is 6. The lowest BCUT2D eigenvalue weighted by atomic mass is 10.1. The lowest BCUT2D eigenvalue weighted by Gasteiger charge is -2.25. The molecule has 3 aromatic rings. The number of benzene rings is 2. The molecular formula is C21H20N4O3. The van der Waals surface area contributed by atoms with Gasteiger partial charge < -0.3 is 15.0 Å². The first-order valence-electron chi connectivity index (χ1n) is 9.13. The maximum absolute atomic E-state index is 13.0. The first-order chi connectivity index (χ1) is 13.7. The van der Waals surface area contributed by atoms with Crippen molar-refractivity contribution in [3.63, 3.8) is 0 Å². The minimum Gasteiger partial charge on any atom is -0.465 e. The molecule has 7 nitrogen and oxygen atoms in total. The first kappa shape index (κ1) is 17.9. The molecule has 1 aliphatic rings. The highest BCUT2D eigenvalue weighted by molar-refractivity contribution is 6.00. The third-order valence-corrected chi connectivity index (χ3v) is 4.90. The quantitative estimate of drug-likeness (QED) is 0.705. The fourth-order valence-electron chi connectivity index (χ4n) is 3.58. The normalized spacial score (nSPS) is 16.2. The second-order valence-electron chi connectivity index (χ2n) is 6.63. The van der Waals surface area contributed by atoms with Crippen LogP contribution in [0.15, 0.2) is 54.9 Å². The second-order valence-corrected chi connectivity index (χ2v) is 6.63. The van der Waals surface area contributed by atoms with Gasteiger partial charge in [0, 0.05) is 17.6 Å². The Balaban J connectivity index is 1.58. The van der Waals surface area contributed by atoms with Gasteiger partial charge in [-0.05, 0) is 43.2 Å². The molecular weight excluding hydrogens is 356 g/mol. The van der Waals surface area contributed by atoms with Crippen molar-refractivity contribution in [1.82, 2.24) is 9.97 Å². The lowest BCUT2D eigenvalue weighted by molar-refractivity contribution is -0.117. The van der Waals surface area contributed by atoms with E-state index in [1.54, 1.807) is 24.3 Å². The van der Waals surface area contributed by atoms with Gasteiger partial charge in [-0.1, -0.05) is 18.2 Å². The van der Waals surface area contributed by atoms with E-state index in [1.165, 1.54) is 13.4 Å². The minimum atomic E-state index is -0.439. The van der Waals surface area contributed by atoms with Crippen LogP contribution in [0.5, 0.6) is 0 Å². The Labute approximate surface area is 162 Å². The molecule has 4 rings (SSSR count). The summed E-state index contributed by atoms with van der Waals surface area (Å²) >= 11 is 0. The number of nitrogens with zero attached hydrogens (tertiary/aromatic N) is 3. The number of anilines is 2. The molecule has 142 valence electrons. The third-order valence-electron chi connectivity index (χ3n) is 4.90. The summed E-state index contributed by atoms with van der Waals surface area (Å²) in [5.41, 5.74) is 1.81. The molecule has 28 heavy (non-hydrogen) atoms. The molecule has 2 heterocycles. The van der Waals surface area contributed by atoms with Crippen LogP contribution in [0.4, 0.5) is 11.5 Å². The van der Waals surface area contributed by atoms with Gasteiger partial charge in [0.25, 0.3) is 0 Å². The zero-order chi connectivity index (χ0) is 19.5. The van der Waals surface area contributed by atoms with Gasteiger partial charge in [0.2, 0.25) is 5.91 Å². The highest BCUT2D eigenvalue weighted by Gasteiger charge is 2.32. The summed E-state index contributed by atoms with van der Waals surface area (Å²) in [5.74, 6) is 0.208. The van der Waals surface area contributed by atoms with Crippen LogP contribution in [-0.2, 0) is 9.53 Å². The Morgan fingerprint density at radius 1 is 1.14 bits per heavy atom. The van der Waals surface area contributed by atoms with E-state index in [2.05, 4.69) is 15.3 Å². The van der Waals surface area contributed by atoms with Crippen LogP contribution in [0.25, 0.3) is 10.9 Å². The largest absolute Gasteiger partial charge is 0.465 e. The predicted molar refractivity (Wildman–Crippen MR) is 106 cm³/mol. The average Bonchev–Trinajstić information content (AvgIpc) is 3.23. The smallest absolute Gasteiger partial charge is 0.337 e. The maximum Gasteiger partial charge on any atom is 0.337 e. The molecule has 2 aromatic carbocycles. The number of fused-ring (bicyclic) bond motifs is 1. The number of nitrogens with one attached hydrogen (secondary N) is 1. The van der Waals surface area contributed by atoms with Crippen molar-refractivity contribution in [2.24, 2.45) is 0 Å². The van der Waals surface area contributed by atoms with Gasteiger partial charge in [-0.25, -0.2) is 14.8 Å². The number of hydrogen-bond donors (Lipinski definition) is 1. The molecule has 7 heteroatoms. The zero-order valence-corrected chi connectivity index (χ0v) is 15.5. The van der Waals surface area contributed by atoms with E-state index < -0.39 is 5.97 Å². The Kier molecular flexibility index (Phi) is 4.89. The van der Waals surface area contributed by atoms with Crippen LogP contribution in [0.3, 0.4) is 0 Å². The van der Waals surface area contributed by atoms with Crippen LogP contribution < -0.4 is 10.2 Å². The van der Waals surface area contributed by atoms with Gasteiger partial charge in [0.1, 0.15) is 18.2 Å². The molecule has 0 unspecified atom stereocenters. The number of esters is 1. The van der Waals surface area contributed by atoms with Crippen molar-refractivity contribution >= 4 is 34.3 Å². The molecule has 1 fully saturated rings. The summed E-state index contributed by atoms with van der Waals surface area (Å²) in [4.78, 5) is 35.5. The van der Waals surface area contributed by atoms with Crippen molar-refractivity contribution in [3.8, 4) is 0 Å². The summed E-state index contributed by atoms with van der Waals surface area (Å²) in [6.07, 6.45) is 3.17. The van der Waals surface area contributed by atoms with Crippen LogP contribution >= 0.6 is 0 Å². The number of carbonyl (C=O) groups excluding carboxylic acids is 2. The second kappa shape index (κ2) is 7.64. The topological polar surface area (TPSA) is 84.4 Å². The highest BCUT2D eigenvalue weighted by atomic mass is 16.5. The molecule has 1 aromatic heterocycles. The van der Waals surface area contributed by atoms with Crippen LogP contribution in [-0.4, -0.2) is 41.5 Å². The number of amides is 1. The maximum atomic E-state index is 13.0. The first-order valence-corrected chi connectivity index (χ1v) is 9.13. The molecule has 0 bridgehead atoms. The van der Waals surface area contributed by atoms with Crippen molar-refractivity contribution < 1.29 is 14.3 Å². The van der Waals surface area contributed by atoms with Crippen LogP contribution in [0.1, 0.15) is 23.2 Å². The van der Waals surface area contributed by atoms with E-state index in [9.17, 15) is 9.59 Å². The molecule has 1 aliphatic heterocycles. The van der Waals surface area contributed by atoms with E-state index in [0.29, 0.717) is 11.3 Å². The summed E-state index contributed by atoms with van der Waals surface area (Å²) in [5, 5.41) is 3.85. The van der Waals surface area contributed by atoms with Crippen LogP contribution in [0, 0.1) is 0 Å². The third kappa shape index (κ3) is 3.38. The number of carbonyl (C=O) groups is 2. The van der Waals surface area contributed by atoms with Crippen molar-refractivity contribution in [2.45, 2.75) is 18.9 Å². The van der Waals surface area contributed by atoms with Gasteiger partial charge in [-0.2, -0.15) is 0 Å². The van der Waals surface area contributed by atoms with E-state index in [0.717, 1.165) is 36.1 Å². The monoisotopic (exact) mass is 376 g/mol. The molecule has 0 radical (unpaired) electrons. The van der Waals surface area contributed by atoms with Crippen molar-refractivity contribution in [2.75, 3.05) is 23.9 Å². The average molecular weight is 376 g/mol. The highest BCUT2D eigenvalue weighted by Crippen LogP contribution is 2.30. The summed E-state index contributed by atoms with van der Waals surface area (Å²) in [7, 11) is 1.33. The molecule has 1 atom stereocenters. The van der Waals surface area contributed by atoms with Gasteiger partial charge in [-0.15, -0.1) is 0 Å². The summed E-state index contributed by atoms with van der Waals surface area (Å²) < 4.78 is 4.74. The Hall–Kier alpha value is -3.48. The SMILES string of the molecule is COC(=O)c1cccc(NC(=O)[C@H]2CCCN2c2ncnc3ccccc23)c1. The zero-order valence-electron chi connectivity index (χ0n) is 15.5. The van der Waals surface area contributed by atoms with E-state index in [1.807, 2.05) is 29.2 Å². The number of rotatable bonds is 4. The molecule has 0 spiro atoms. The number of ether oxygens (including phenoxy) is 1. The van der Waals surface area contributed by atoms with Crippen LogP contribution in [0.2, 0.25) is 0 Å². The van der Waals surface area contributed by atoms with Gasteiger partial charge >= 0.3 is 5.97 Å². The summed E-state index contributed by atoms with van der Waals surface area (Å²) in [6, 6.07) is 14.2. The number of para-hydroxylation sites is 1. The molecule has 0 saturated carbocycles. The van der Waals surface area contributed by atoms with Gasteiger partial charge in [0.05, 0.1) is 18.2 Å². The fraction of sp³-hybridized carbons (Fsp3) is 0.238. The Morgan fingerprint density at radius 2 is 2.00 bits per heavy atom. The van der Waals surface area contributed by atoms with E-state index in [-0.39, 0.29) is 11.9 Å². The van der Waals surface area contributed by atoms with E-state index in [4.69, 9.17) is 4.74 Å². The number of aromatic nitrogens is 2. The minimum absolute atomic E-state index is 0.123. The van der Waals surface area contributed by atoms with E-state index >= 15 is 0 Å². The summed E-state index contributed by atoms with van der Waals surface area (Å²) in [6.45, 7) is 0.751. The predicted octanol–water partition coefficient (Wildman–Crippen LogP) is 3.02. The molecule has 1 amide bonds. The van der Waals surface area contributed by atoms with Crippen molar-refractivity contribution in [3.05, 3.63) is 60.4 Å². The lowest BCUT2D eigenvalue weighted by Crippen LogP contribution is -2.40. The van der Waals surface area contributed by atoms with Gasteiger partial charge in [-0.3, -0.25) is 4.79 Å².